The summed E-state index contributed by atoms with van der Waals surface area (Å²) in [6, 6.07) is 11.8. The summed E-state index contributed by atoms with van der Waals surface area (Å²) in [6.45, 7) is 3.35. The van der Waals surface area contributed by atoms with Crippen LogP contribution in [0, 0.1) is 0 Å². The number of para-hydroxylation sites is 2. The molecule has 0 fully saturated rings. The third kappa shape index (κ3) is 2.64. The molecule has 0 spiro atoms. The van der Waals surface area contributed by atoms with Gasteiger partial charge in [-0.25, -0.2) is 4.98 Å². The van der Waals surface area contributed by atoms with Crippen molar-refractivity contribution in [2.75, 3.05) is 25.1 Å². The molecule has 6 nitrogen and oxygen atoms in total. The molecule has 6 heteroatoms. The molecule has 1 atom stereocenters. The highest BCUT2D eigenvalue weighted by Gasteiger charge is 2.23. The van der Waals surface area contributed by atoms with Crippen molar-refractivity contribution >= 4 is 11.5 Å². The van der Waals surface area contributed by atoms with E-state index in [2.05, 4.69) is 28.0 Å². The van der Waals surface area contributed by atoms with Gasteiger partial charge in [0.15, 0.2) is 23.3 Å². The fraction of sp³-hybridized carbons (Fsp3) is 0.333. The molecule has 4 rings (SSSR count). The van der Waals surface area contributed by atoms with Crippen molar-refractivity contribution in [2.24, 2.45) is 0 Å². The zero-order valence-electron chi connectivity index (χ0n) is 13.8. The first-order valence-electron chi connectivity index (χ1n) is 8.18. The van der Waals surface area contributed by atoms with Gasteiger partial charge in [0.2, 0.25) is 0 Å². The van der Waals surface area contributed by atoms with E-state index >= 15 is 0 Å². The van der Waals surface area contributed by atoms with Crippen LogP contribution in [0.2, 0.25) is 0 Å². The predicted molar refractivity (Wildman–Crippen MR) is 92.0 cm³/mol. The SMILES string of the molecule is CCc1cc(N(C)C[C@H]2COc3ccccc3O2)n2nccc2n1. The molecule has 0 amide bonds. The molecule has 2 aromatic heterocycles. The van der Waals surface area contributed by atoms with Crippen LogP contribution in [0.15, 0.2) is 42.6 Å². The number of likely N-dealkylation sites (N-methyl/N-ethyl adjacent to an activating group) is 1. The molecule has 1 aliphatic heterocycles. The minimum absolute atomic E-state index is 0.0336. The predicted octanol–water partition coefficient (Wildman–Crippen LogP) is 2.57. The van der Waals surface area contributed by atoms with Gasteiger partial charge < -0.3 is 14.4 Å². The van der Waals surface area contributed by atoms with Crippen LogP contribution in [-0.2, 0) is 6.42 Å². The highest BCUT2D eigenvalue weighted by atomic mass is 16.6. The third-order valence-electron chi connectivity index (χ3n) is 4.19. The van der Waals surface area contributed by atoms with Crippen molar-refractivity contribution in [2.45, 2.75) is 19.4 Å². The maximum atomic E-state index is 6.06. The topological polar surface area (TPSA) is 51.9 Å². The Hall–Kier alpha value is -2.76. The van der Waals surface area contributed by atoms with E-state index in [1.165, 1.54) is 0 Å². The molecule has 124 valence electrons. The van der Waals surface area contributed by atoms with Gasteiger partial charge in [-0.3, -0.25) is 0 Å². The minimum atomic E-state index is -0.0336. The molecular formula is C18H20N4O2. The minimum Gasteiger partial charge on any atom is -0.486 e. The smallest absolute Gasteiger partial charge is 0.161 e. The number of aromatic nitrogens is 3. The first-order chi connectivity index (χ1) is 11.7. The summed E-state index contributed by atoms with van der Waals surface area (Å²) in [4.78, 5) is 6.73. The number of fused-ring (bicyclic) bond motifs is 2. The molecule has 0 bridgehead atoms. The Labute approximate surface area is 140 Å². The molecule has 0 aliphatic carbocycles. The fourth-order valence-electron chi connectivity index (χ4n) is 2.95. The Kier molecular flexibility index (Phi) is 3.72. The van der Waals surface area contributed by atoms with Crippen molar-refractivity contribution in [1.29, 1.82) is 0 Å². The average Bonchev–Trinajstić information content (AvgIpc) is 3.09. The summed E-state index contributed by atoms with van der Waals surface area (Å²) in [5.74, 6) is 2.61. The summed E-state index contributed by atoms with van der Waals surface area (Å²) in [5, 5.41) is 4.38. The second-order valence-electron chi connectivity index (χ2n) is 5.94. The number of ether oxygens (including phenoxy) is 2. The summed E-state index contributed by atoms with van der Waals surface area (Å²) in [7, 11) is 2.04. The first kappa shape index (κ1) is 14.8. The van der Waals surface area contributed by atoms with Crippen LogP contribution in [0.3, 0.4) is 0 Å². The molecule has 0 N–H and O–H groups in total. The monoisotopic (exact) mass is 324 g/mol. The first-order valence-corrected chi connectivity index (χ1v) is 8.18. The molecular weight excluding hydrogens is 304 g/mol. The van der Waals surface area contributed by atoms with Crippen molar-refractivity contribution in [1.82, 2.24) is 14.6 Å². The lowest BCUT2D eigenvalue weighted by Gasteiger charge is -2.30. The van der Waals surface area contributed by atoms with E-state index in [9.17, 15) is 0 Å². The summed E-state index contributed by atoms with van der Waals surface area (Å²) in [5.41, 5.74) is 1.92. The number of rotatable bonds is 4. The number of nitrogens with zero attached hydrogens (tertiary/aromatic N) is 4. The number of hydrogen-bond donors (Lipinski definition) is 0. The number of hydrogen-bond acceptors (Lipinski definition) is 5. The summed E-state index contributed by atoms with van der Waals surface area (Å²) >= 11 is 0. The van der Waals surface area contributed by atoms with Crippen LogP contribution < -0.4 is 14.4 Å². The van der Waals surface area contributed by atoms with E-state index in [0.717, 1.165) is 35.1 Å². The highest BCUT2D eigenvalue weighted by molar-refractivity contribution is 5.50. The third-order valence-corrected chi connectivity index (χ3v) is 4.19. The molecule has 0 saturated heterocycles. The second-order valence-corrected chi connectivity index (χ2v) is 5.94. The molecule has 0 radical (unpaired) electrons. The molecule has 3 aromatic rings. The summed E-state index contributed by atoms with van der Waals surface area (Å²) in [6.07, 6.45) is 2.63. The maximum absolute atomic E-state index is 6.06. The Bertz CT molecular complexity index is 861. The van der Waals surface area contributed by atoms with Gasteiger partial charge in [0, 0.05) is 24.9 Å². The molecule has 24 heavy (non-hydrogen) atoms. The van der Waals surface area contributed by atoms with Crippen LogP contribution in [0.1, 0.15) is 12.6 Å². The second kappa shape index (κ2) is 6.03. The molecule has 1 aliphatic rings. The van der Waals surface area contributed by atoms with Crippen molar-refractivity contribution in [3.63, 3.8) is 0 Å². The Morgan fingerprint density at radius 1 is 1.25 bits per heavy atom. The van der Waals surface area contributed by atoms with E-state index in [4.69, 9.17) is 9.47 Å². The quantitative estimate of drug-likeness (QED) is 0.738. The van der Waals surface area contributed by atoms with E-state index < -0.39 is 0 Å². The van der Waals surface area contributed by atoms with E-state index in [1.54, 1.807) is 6.20 Å². The maximum Gasteiger partial charge on any atom is 0.161 e. The number of aryl methyl sites for hydroxylation is 1. The van der Waals surface area contributed by atoms with Crippen LogP contribution in [0.5, 0.6) is 11.5 Å². The van der Waals surface area contributed by atoms with Gasteiger partial charge in [-0.15, -0.1) is 0 Å². The Balaban J connectivity index is 1.57. The van der Waals surface area contributed by atoms with Gasteiger partial charge in [-0.1, -0.05) is 19.1 Å². The van der Waals surface area contributed by atoms with E-state index in [0.29, 0.717) is 13.2 Å². The van der Waals surface area contributed by atoms with Gasteiger partial charge in [-0.05, 0) is 18.6 Å². The lowest BCUT2D eigenvalue weighted by Crippen LogP contribution is -2.40. The average molecular weight is 324 g/mol. The van der Waals surface area contributed by atoms with E-state index in [-0.39, 0.29) is 6.10 Å². The van der Waals surface area contributed by atoms with Gasteiger partial charge in [0.25, 0.3) is 0 Å². The number of benzene rings is 1. The van der Waals surface area contributed by atoms with Gasteiger partial charge in [0.05, 0.1) is 12.7 Å². The van der Waals surface area contributed by atoms with Crippen LogP contribution in [0.4, 0.5) is 5.82 Å². The van der Waals surface area contributed by atoms with Gasteiger partial charge in [0.1, 0.15) is 12.4 Å². The zero-order valence-corrected chi connectivity index (χ0v) is 13.8. The molecule has 1 aromatic carbocycles. The summed E-state index contributed by atoms with van der Waals surface area (Å²) < 4.78 is 13.7. The zero-order chi connectivity index (χ0) is 16.5. The number of anilines is 1. The van der Waals surface area contributed by atoms with Crippen molar-refractivity contribution < 1.29 is 9.47 Å². The highest BCUT2D eigenvalue weighted by Crippen LogP contribution is 2.31. The van der Waals surface area contributed by atoms with Gasteiger partial charge >= 0.3 is 0 Å². The largest absolute Gasteiger partial charge is 0.486 e. The standard InChI is InChI=1S/C18H20N4O2/c1-3-13-10-18(22-17(20-13)8-9-19-22)21(2)11-14-12-23-15-6-4-5-7-16(15)24-14/h4-10,14H,3,11-12H2,1-2H3/t14-/m0/s1. The molecule has 3 heterocycles. The lowest BCUT2D eigenvalue weighted by atomic mass is 10.2. The van der Waals surface area contributed by atoms with Gasteiger partial charge in [-0.2, -0.15) is 9.61 Å². The molecule has 0 saturated carbocycles. The van der Waals surface area contributed by atoms with Crippen LogP contribution in [-0.4, -0.2) is 40.9 Å². The normalized spacial score (nSPS) is 16.3. The lowest BCUT2D eigenvalue weighted by molar-refractivity contribution is 0.0959. The Morgan fingerprint density at radius 3 is 2.92 bits per heavy atom. The van der Waals surface area contributed by atoms with Crippen molar-refractivity contribution in [3.05, 3.63) is 48.3 Å². The van der Waals surface area contributed by atoms with Crippen LogP contribution in [0.25, 0.3) is 5.65 Å². The Morgan fingerprint density at radius 2 is 2.08 bits per heavy atom. The molecule has 0 unspecified atom stereocenters. The van der Waals surface area contributed by atoms with Crippen LogP contribution >= 0.6 is 0 Å². The fourth-order valence-corrected chi connectivity index (χ4v) is 2.95. The van der Waals surface area contributed by atoms with E-state index in [1.807, 2.05) is 41.9 Å². The van der Waals surface area contributed by atoms with Crippen molar-refractivity contribution in [3.8, 4) is 11.5 Å².